The minimum Gasteiger partial charge on any atom is -0.497 e. The van der Waals surface area contributed by atoms with Gasteiger partial charge in [-0.25, -0.2) is 13.5 Å². The highest BCUT2D eigenvalue weighted by atomic mass is 19.1. The molecule has 2 N–H and O–H groups in total. The summed E-state index contributed by atoms with van der Waals surface area (Å²) in [6.45, 7) is 1.04. The summed E-state index contributed by atoms with van der Waals surface area (Å²) in [6.07, 6.45) is 5.34. The van der Waals surface area contributed by atoms with Crippen LogP contribution in [-0.4, -0.2) is 27.1 Å². The van der Waals surface area contributed by atoms with E-state index >= 15 is 0 Å². The van der Waals surface area contributed by atoms with Gasteiger partial charge in [-0.3, -0.25) is 5.10 Å². The van der Waals surface area contributed by atoms with Gasteiger partial charge in [-0.15, -0.1) is 0 Å². The van der Waals surface area contributed by atoms with E-state index in [2.05, 4.69) is 20.6 Å². The quantitative estimate of drug-likeness (QED) is 0.499. The SMILES string of the molecule is COc1cccc(-n2cc(CNCc3cn[nH]c3-c3ccc(F)cc3F)cn2)c1. The summed E-state index contributed by atoms with van der Waals surface area (Å²) >= 11 is 0. The first-order valence-electron chi connectivity index (χ1n) is 9.00. The van der Waals surface area contributed by atoms with Gasteiger partial charge in [-0.1, -0.05) is 6.07 Å². The zero-order valence-electron chi connectivity index (χ0n) is 15.7. The maximum Gasteiger partial charge on any atom is 0.135 e. The second-order valence-corrected chi connectivity index (χ2v) is 6.49. The van der Waals surface area contributed by atoms with Crippen LogP contribution in [0.4, 0.5) is 8.78 Å². The first-order valence-corrected chi connectivity index (χ1v) is 9.00. The lowest BCUT2D eigenvalue weighted by molar-refractivity contribution is 0.414. The van der Waals surface area contributed by atoms with Crippen LogP contribution in [0.1, 0.15) is 11.1 Å². The number of aromatic nitrogens is 4. The van der Waals surface area contributed by atoms with E-state index in [0.717, 1.165) is 28.6 Å². The summed E-state index contributed by atoms with van der Waals surface area (Å²) in [5.74, 6) is -0.480. The van der Waals surface area contributed by atoms with Crippen LogP contribution in [0.5, 0.6) is 5.75 Å². The van der Waals surface area contributed by atoms with Crippen molar-refractivity contribution in [3.8, 4) is 22.7 Å². The van der Waals surface area contributed by atoms with Gasteiger partial charge in [0.05, 0.1) is 30.9 Å². The van der Waals surface area contributed by atoms with Crippen molar-refractivity contribution in [2.45, 2.75) is 13.1 Å². The van der Waals surface area contributed by atoms with E-state index in [4.69, 9.17) is 4.74 Å². The van der Waals surface area contributed by atoms with Crippen molar-refractivity contribution in [3.63, 3.8) is 0 Å². The van der Waals surface area contributed by atoms with Gasteiger partial charge in [0, 0.05) is 48.1 Å². The molecule has 8 heteroatoms. The highest BCUT2D eigenvalue weighted by molar-refractivity contribution is 5.63. The number of nitrogens with zero attached hydrogens (tertiary/aromatic N) is 3. The van der Waals surface area contributed by atoms with Crippen molar-refractivity contribution in [2.24, 2.45) is 0 Å². The van der Waals surface area contributed by atoms with Crippen LogP contribution in [-0.2, 0) is 13.1 Å². The number of nitrogens with one attached hydrogen (secondary N) is 2. The van der Waals surface area contributed by atoms with Crippen LogP contribution in [0.25, 0.3) is 16.9 Å². The minimum absolute atomic E-state index is 0.284. The Balaban J connectivity index is 1.42. The third-order valence-electron chi connectivity index (χ3n) is 4.52. The van der Waals surface area contributed by atoms with Gasteiger partial charge in [0.1, 0.15) is 17.4 Å². The second-order valence-electron chi connectivity index (χ2n) is 6.49. The van der Waals surface area contributed by atoms with Crippen molar-refractivity contribution in [1.29, 1.82) is 0 Å². The van der Waals surface area contributed by atoms with Crippen LogP contribution in [0, 0.1) is 11.6 Å². The van der Waals surface area contributed by atoms with E-state index in [1.165, 1.54) is 12.1 Å². The van der Waals surface area contributed by atoms with Crippen molar-refractivity contribution < 1.29 is 13.5 Å². The van der Waals surface area contributed by atoms with E-state index in [-0.39, 0.29) is 5.56 Å². The normalized spacial score (nSPS) is 11.0. The smallest absolute Gasteiger partial charge is 0.135 e. The highest BCUT2D eigenvalue weighted by Gasteiger charge is 2.13. The first-order chi connectivity index (χ1) is 14.1. The summed E-state index contributed by atoms with van der Waals surface area (Å²) in [7, 11) is 1.62. The average Bonchev–Trinajstić information content (AvgIpc) is 3.38. The Labute approximate surface area is 166 Å². The standard InChI is InChI=1S/C21H19F2N5O/c1-29-18-4-2-3-17(8-18)28-13-14(10-26-28)9-24-11-15-12-25-27-21(15)19-6-5-16(22)7-20(19)23/h2-8,10,12-13,24H,9,11H2,1H3,(H,25,27). The number of aromatic amines is 1. The van der Waals surface area contributed by atoms with Gasteiger partial charge in [-0.05, 0) is 24.3 Å². The summed E-state index contributed by atoms with van der Waals surface area (Å²) in [5, 5.41) is 14.5. The van der Waals surface area contributed by atoms with Gasteiger partial charge in [0.15, 0.2) is 0 Å². The molecule has 0 unspecified atom stereocenters. The molecule has 2 aromatic heterocycles. The molecule has 0 spiro atoms. The lowest BCUT2D eigenvalue weighted by atomic mass is 10.1. The van der Waals surface area contributed by atoms with Crippen LogP contribution < -0.4 is 10.1 Å². The number of H-pyrrole nitrogens is 1. The first kappa shape index (κ1) is 18.8. The maximum absolute atomic E-state index is 14.1. The average molecular weight is 395 g/mol. The maximum atomic E-state index is 14.1. The molecular weight excluding hydrogens is 376 g/mol. The molecule has 0 aliphatic heterocycles. The number of ether oxygens (including phenoxy) is 1. The fourth-order valence-electron chi connectivity index (χ4n) is 3.06. The molecule has 0 saturated heterocycles. The Bertz CT molecular complexity index is 1120. The molecule has 0 radical (unpaired) electrons. The van der Waals surface area contributed by atoms with Crippen molar-refractivity contribution in [1.82, 2.24) is 25.3 Å². The molecular formula is C21H19F2N5O. The van der Waals surface area contributed by atoms with Crippen molar-refractivity contribution in [3.05, 3.63) is 83.8 Å². The van der Waals surface area contributed by atoms with Crippen LogP contribution in [0.2, 0.25) is 0 Å². The summed E-state index contributed by atoms with van der Waals surface area (Å²) in [4.78, 5) is 0. The van der Waals surface area contributed by atoms with E-state index in [1.807, 2.05) is 30.5 Å². The highest BCUT2D eigenvalue weighted by Crippen LogP contribution is 2.24. The summed E-state index contributed by atoms with van der Waals surface area (Å²) in [5.41, 5.74) is 3.50. The molecule has 4 rings (SSSR count). The molecule has 0 aliphatic rings. The minimum atomic E-state index is -0.630. The number of hydrogen-bond acceptors (Lipinski definition) is 4. The van der Waals surface area contributed by atoms with E-state index in [1.54, 1.807) is 24.2 Å². The fraction of sp³-hybridized carbons (Fsp3) is 0.143. The third-order valence-corrected chi connectivity index (χ3v) is 4.52. The lowest BCUT2D eigenvalue weighted by Crippen LogP contribution is -2.12. The molecule has 0 fully saturated rings. The number of benzene rings is 2. The number of methoxy groups -OCH3 is 1. The molecule has 0 aliphatic carbocycles. The number of rotatable bonds is 7. The Kier molecular flexibility index (Phi) is 5.35. The van der Waals surface area contributed by atoms with E-state index in [9.17, 15) is 8.78 Å². The third kappa shape index (κ3) is 4.17. The molecule has 148 valence electrons. The van der Waals surface area contributed by atoms with Gasteiger partial charge < -0.3 is 10.1 Å². The monoisotopic (exact) mass is 395 g/mol. The second kappa shape index (κ2) is 8.24. The molecule has 6 nitrogen and oxygen atoms in total. The Morgan fingerprint density at radius 2 is 2.00 bits per heavy atom. The molecule has 29 heavy (non-hydrogen) atoms. The van der Waals surface area contributed by atoms with Crippen LogP contribution in [0.3, 0.4) is 0 Å². The Hall–Kier alpha value is -3.52. The zero-order valence-corrected chi connectivity index (χ0v) is 15.7. The topological polar surface area (TPSA) is 67.8 Å². The molecule has 4 aromatic rings. The van der Waals surface area contributed by atoms with Crippen LogP contribution >= 0.6 is 0 Å². The van der Waals surface area contributed by atoms with Crippen molar-refractivity contribution >= 4 is 0 Å². The lowest BCUT2D eigenvalue weighted by Gasteiger charge is -2.06. The van der Waals surface area contributed by atoms with E-state index < -0.39 is 11.6 Å². The fourth-order valence-corrected chi connectivity index (χ4v) is 3.06. The Morgan fingerprint density at radius 1 is 1.10 bits per heavy atom. The van der Waals surface area contributed by atoms with Gasteiger partial charge in [-0.2, -0.15) is 10.2 Å². The predicted molar refractivity (Wildman–Crippen MR) is 105 cm³/mol. The molecule has 0 bridgehead atoms. The van der Waals surface area contributed by atoms with E-state index in [0.29, 0.717) is 18.8 Å². The largest absolute Gasteiger partial charge is 0.497 e. The van der Waals surface area contributed by atoms with Gasteiger partial charge in [0.2, 0.25) is 0 Å². The molecule has 0 amide bonds. The molecule has 0 atom stereocenters. The Morgan fingerprint density at radius 3 is 2.83 bits per heavy atom. The molecule has 2 heterocycles. The van der Waals surface area contributed by atoms with Crippen molar-refractivity contribution in [2.75, 3.05) is 7.11 Å². The summed E-state index contributed by atoms with van der Waals surface area (Å²) < 4.78 is 34.2. The zero-order chi connectivity index (χ0) is 20.2. The van der Waals surface area contributed by atoms with Gasteiger partial charge >= 0.3 is 0 Å². The van der Waals surface area contributed by atoms with Crippen LogP contribution in [0.15, 0.2) is 61.1 Å². The molecule has 2 aromatic carbocycles. The summed E-state index contributed by atoms with van der Waals surface area (Å²) in [6, 6.07) is 11.1. The number of hydrogen-bond donors (Lipinski definition) is 2. The predicted octanol–water partition coefficient (Wildman–Crippen LogP) is 3.84. The number of halogens is 2. The molecule has 0 saturated carbocycles. The van der Waals surface area contributed by atoms with Gasteiger partial charge in [0.25, 0.3) is 0 Å².